The van der Waals surface area contributed by atoms with E-state index >= 15 is 0 Å². The summed E-state index contributed by atoms with van der Waals surface area (Å²) in [7, 11) is 0. The molecule has 0 bridgehead atoms. The fraction of sp³-hybridized carbons (Fsp3) is 0. The maximum Gasteiger partial charge on any atom is 1.00 e. The molecule has 0 amide bonds. The van der Waals surface area contributed by atoms with Crippen molar-refractivity contribution in [2.45, 2.75) is 0 Å². The molecule has 0 spiro atoms. The van der Waals surface area contributed by atoms with Crippen molar-refractivity contribution in [1.82, 2.24) is 0 Å². The standard InChI is InChI=1S/C10N5.Na/c11-1-6-7(2-12)9(4-14)10(5-15)8(6)3-13;/q-1;+1. The number of hydrogen-bond donors (Lipinski definition) is 0. The van der Waals surface area contributed by atoms with Crippen molar-refractivity contribution in [3.63, 3.8) is 0 Å². The summed E-state index contributed by atoms with van der Waals surface area (Å²) in [5.74, 6) is 0. The molecular formula is C10N5Na. The number of rotatable bonds is 0. The molecule has 0 unspecified atom stereocenters. The van der Waals surface area contributed by atoms with Crippen LogP contribution in [0.4, 0.5) is 0 Å². The average molecular weight is 213 g/mol. The molecule has 0 aromatic heterocycles. The molecule has 0 heterocycles. The molecule has 1 aromatic carbocycles. The summed E-state index contributed by atoms with van der Waals surface area (Å²) in [5.41, 5.74) is -1.00. The normalized spacial score (nSPS) is 7.19. The maximum absolute atomic E-state index is 8.72. The third-order valence-corrected chi connectivity index (χ3v) is 1.81. The number of nitriles is 5. The van der Waals surface area contributed by atoms with Gasteiger partial charge in [0.05, 0.1) is 18.2 Å². The topological polar surface area (TPSA) is 119 Å². The molecule has 16 heavy (non-hydrogen) atoms. The second-order valence-corrected chi connectivity index (χ2v) is 2.43. The second-order valence-electron chi connectivity index (χ2n) is 2.43. The molecule has 0 N–H and O–H groups in total. The van der Waals surface area contributed by atoms with Gasteiger partial charge in [-0.05, 0) is 34.4 Å². The Bertz CT molecular complexity index is 484. The van der Waals surface area contributed by atoms with E-state index in [1.54, 1.807) is 30.3 Å². The SMILES string of the molecule is N#Cc1c(C#N)c(C#N)[c-](C#N)c1C#N.[Na+]. The molecule has 0 aliphatic rings. The molecule has 0 saturated heterocycles. The van der Waals surface area contributed by atoms with E-state index in [2.05, 4.69) is 0 Å². The van der Waals surface area contributed by atoms with Crippen molar-refractivity contribution < 1.29 is 29.6 Å². The van der Waals surface area contributed by atoms with Crippen LogP contribution < -0.4 is 29.6 Å². The van der Waals surface area contributed by atoms with Gasteiger partial charge in [-0.3, -0.25) is 0 Å². The van der Waals surface area contributed by atoms with Gasteiger partial charge in [0, 0.05) is 5.56 Å². The Hall–Kier alpha value is -2.20. The first kappa shape index (κ1) is 13.8. The van der Waals surface area contributed by atoms with E-state index in [-0.39, 0.29) is 57.4 Å². The first-order valence-corrected chi connectivity index (χ1v) is 3.62. The zero-order chi connectivity index (χ0) is 11.4. The summed E-state index contributed by atoms with van der Waals surface area (Å²) in [6.07, 6.45) is 0. The zero-order valence-corrected chi connectivity index (χ0v) is 10.2. The summed E-state index contributed by atoms with van der Waals surface area (Å²) < 4.78 is 0. The Morgan fingerprint density at radius 2 is 1.06 bits per heavy atom. The zero-order valence-electron chi connectivity index (χ0n) is 8.24. The summed E-state index contributed by atoms with van der Waals surface area (Å²) in [4.78, 5) is 0. The maximum atomic E-state index is 8.72. The Labute approximate surface area is 114 Å². The third kappa shape index (κ3) is 1.78. The third-order valence-electron chi connectivity index (χ3n) is 1.81. The van der Waals surface area contributed by atoms with Crippen LogP contribution in [0, 0.1) is 56.7 Å². The van der Waals surface area contributed by atoms with Crippen molar-refractivity contribution in [3.05, 3.63) is 27.8 Å². The Morgan fingerprint density at radius 1 is 0.688 bits per heavy atom. The minimum atomic E-state index is -0.201. The van der Waals surface area contributed by atoms with Crippen LogP contribution >= 0.6 is 0 Å². The minimum absolute atomic E-state index is 0. The average Bonchev–Trinajstić information content (AvgIpc) is 2.59. The van der Waals surface area contributed by atoms with Gasteiger partial charge < -0.3 is 0 Å². The number of hydrogen-bond acceptors (Lipinski definition) is 5. The van der Waals surface area contributed by atoms with Gasteiger partial charge in [0.1, 0.15) is 0 Å². The summed E-state index contributed by atoms with van der Waals surface area (Å²) in [5, 5.41) is 43.6. The molecule has 0 aliphatic carbocycles. The van der Waals surface area contributed by atoms with Gasteiger partial charge in [0.2, 0.25) is 0 Å². The molecule has 0 aliphatic heterocycles. The van der Waals surface area contributed by atoms with E-state index in [0.29, 0.717) is 0 Å². The van der Waals surface area contributed by atoms with Gasteiger partial charge in [-0.2, -0.15) is 0 Å². The van der Waals surface area contributed by atoms with Crippen LogP contribution in [-0.4, -0.2) is 0 Å². The summed E-state index contributed by atoms with van der Waals surface area (Å²) >= 11 is 0. The van der Waals surface area contributed by atoms with Crippen molar-refractivity contribution in [2.75, 3.05) is 0 Å². The molecule has 0 fully saturated rings. The Kier molecular flexibility index (Phi) is 4.85. The fourth-order valence-electron chi connectivity index (χ4n) is 1.18. The van der Waals surface area contributed by atoms with Crippen LogP contribution in [0.1, 0.15) is 27.8 Å². The van der Waals surface area contributed by atoms with Crippen LogP contribution in [0.25, 0.3) is 0 Å². The van der Waals surface area contributed by atoms with Gasteiger partial charge in [-0.15, -0.1) is 0 Å². The first-order valence-electron chi connectivity index (χ1n) is 3.62. The molecule has 0 atom stereocenters. The van der Waals surface area contributed by atoms with Crippen molar-refractivity contribution in [3.8, 4) is 30.3 Å². The van der Waals surface area contributed by atoms with Crippen LogP contribution in [0.15, 0.2) is 0 Å². The molecular weight excluding hydrogens is 213 g/mol. The van der Waals surface area contributed by atoms with Crippen LogP contribution in [0.2, 0.25) is 0 Å². The molecule has 1 aromatic rings. The predicted molar refractivity (Wildman–Crippen MR) is 45.6 cm³/mol. The molecule has 6 heteroatoms. The van der Waals surface area contributed by atoms with E-state index in [0.717, 1.165) is 0 Å². The molecule has 5 nitrogen and oxygen atoms in total. The summed E-state index contributed by atoms with van der Waals surface area (Å²) in [6, 6.07) is 8.24. The molecule has 1 rings (SSSR count). The second kappa shape index (κ2) is 5.63. The largest absolute Gasteiger partial charge is 1.00 e. The first-order chi connectivity index (χ1) is 7.24. The molecule has 66 valence electrons. The quantitative estimate of drug-likeness (QED) is 0.356. The van der Waals surface area contributed by atoms with Crippen LogP contribution in [0.3, 0.4) is 0 Å². The fourth-order valence-corrected chi connectivity index (χ4v) is 1.18. The van der Waals surface area contributed by atoms with E-state index in [1.165, 1.54) is 0 Å². The Balaban J connectivity index is 0.00000225. The van der Waals surface area contributed by atoms with Gasteiger partial charge in [-0.25, -0.2) is 26.3 Å². The van der Waals surface area contributed by atoms with E-state index in [4.69, 9.17) is 26.3 Å². The van der Waals surface area contributed by atoms with Gasteiger partial charge in [-0.1, -0.05) is 0 Å². The van der Waals surface area contributed by atoms with E-state index in [9.17, 15) is 0 Å². The van der Waals surface area contributed by atoms with E-state index < -0.39 is 0 Å². The van der Waals surface area contributed by atoms with Gasteiger partial charge >= 0.3 is 29.6 Å². The van der Waals surface area contributed by atoms with Crippen LogP contribution in [0.5, 0.6) is 0 Å². The van der Waals surface area contributed by atoms with Gasteiger partial charge in [0.25, 0.3) is 0 Å². The Morgan fingerprint density at radius 3 is 1.25 bits per heavy atom. The van der Waals surface area contributed by atoms with E-state index in [1.807, 2.05) is 0 Å². The van der Waals surface area contributed by atoms with Crippen molar-refractivity contribution >= 4 is 0 Å². The predicted octanol–water partition coefficient (Wildman–Crippen LogP) is -2.23. The number of nitrogens with zero attached hydrogens (tertiary/aromatic N) is 5. The minimum Gasteiger partial charge on any atom is -0.248 e. The van der Waals surface area contributed by atoms with Crippen LogP contribution in [-0.2, 0) is 0 Å². The monoisotopic (exact) mass is 213 g/mol. The van der Waals surface area contributed by atoms with Crippen molar-refractivity contribution in [2.24, 2.45) is 0 Å². The smallest absolute Gasteiger partial charge is 0.248 e. The molecule has 0 saturated carbocycles. The summed E-state index contributed by atoms with van der Waals surface area (Å²) in [6.45, 7) is 0. The van der Waals surface area contributed by atoms with Crippen molar-refractivity contribution in [1.29, 1.82) is 26.3 Å². The van der Waals surface area contributed by atoms with Gasteiger partial charge in [0.15, 0.2) is 0 Å². The molecule has 0 radical (unpaired) electrons.